The summed E-state index contributed by atoms with van der Waals surface area (Å²) in [6.07, 6.45) is 0.509. The fraction of sp³-hybridized carbons (Fsp3) is 0.235. The van der Waals surface area contributed by atoms with Crippen LogP contribution >= 0.6 is 23.4 Å². The van der Waals surface area contributed by atoms with Gasteiger partial charge in [-0.05, 0) is 55.7 Å². The van der Waals surface area contributed by atoms with Crippen LogP contribution in [0.2, 0.25) is 5.02 Å². The van der Waals surface area contributed by atoms with Crippen LogP contribution in [0.1, 0.15) is 16.7 Å². The Morgan fingerprint density at radius 1 is 1.19 bits per heavy atom. The van der Waals surface area contributed by atoms with Crippen LogP contribution in [0.3, 0.4) is 0 Å². The van der Waals surface area contributed by atoms with E-state index in [1.54, 1.807) is 12.1 Å². The highest BCUT2D eigenvalue weighted by Crippen LogP contribution is 2.28. The van der Waals surface area contributed by atoms with Gasteiger partial charge in [0.1, 0.15) is 5.25 Å². The van der Waals surface area contributed by atoms with Crippen molar-refractivity contribution in [3.8, 4) is 0 Å². The van der Waals surface area contributed by atoms with E-state index in [0.717, 1.165) is 16.0 Å². The maximum Gasteiger partial charge on any atom is 0.317 e. The SMILES string of the molecule is Cc1ccc(C[C@H](Sc2ccc(Cl)cc2)C(=O)O)c(C)c1. The van der Waals surface area contributed by atoms with Gasteiger partial charge in [0.25, 0.3) is 0 Å². The molecule has 2 nitrogen and oxygen atoms in total. The third kappa shape index (κ3) is 4.51. The Morgan fingerprint density at radius 2 is 1.86 bits per heavy atom. The first-order valence-electron chi connectivity index (χ1n) is 6.67. The quantitative estimate of drug-likeness (QED) is 0.808. The molecule has 0 aliphatic heterocycles. The molecule has 0 heterocycles. The van der Waals surface area contributed by atoms with Crippen LogP contribution in [0.25, 0.3) is 0 Å². The van der Waals surface area contributed by atoms with Crippen LogP contribution in [0.15, 0.2) is 47.4 Å². The highest BCUT2D eigenvalue weighted by molar-refractivity contribution is 8.00. The van der Waals surface area contributed by atoms with Crippen molar-refractivity contribution in [2.75, 3.05) is 0 Å². The van der Waals surface area contributed by atoms with Gasteiger partial charge in [-0.2, -0.15) is 0 Å². The molecule has 1 N–H and O–H groups in total. The highest BCUT2D eigenvalue weighted by atomic mass is 35.5. The monoisotopic (exact) mass is 320 g/mol. The van der Waals surface area contributed by atoms with Crippen molar-refractivity contribution in [3.05, 3.63) is 64.2 Å². The van der Waals surface area contributed by atoms with Gasteiger partial charge in [0.05, 0.1) is 0 Å². The molecule has 0 spiro atoms. The summed E-state index contributed by atoms with van der Waals surface area (Å²) in [5.41, 5.74) is 3.40. The second-order valence-corrected chi connectivity index (χ2v) is 6.75. The number of hydrogen-bond acceptors (Lipinski definition) is 2. The number of halogens is 1. The molecule has 0 radical (unpaired) electrons. The van der Waals surface area contributed by atoms with Gasteiger partial charge in [-0.25, -0.2) is 0 Å². The first-order valence-corrected chi connectivity index (χ1v) is 7.92. The second-order valence-electron chi connectivity index (χ2n) is 5.03. The van der Waals surface area contributed by atoms with E-state index in [-0.39, 0.29) is 0 Å². The molecule has 0 unspecified atom stereocenters. The van der Waals surface area contributed by atoms with Crippen molar-refractivity contribution in [3.63, 3.8) is 0 Å². The molecule has 0 saturated carbocycles. The first-order chi connectivity index (χ1) is 9.95. The van der Waals surface area contributed by atoms with E-state index < -0.39 is 11.2 Å². The number of hydrogen-bond donors (Lipinski definition) is 1. The molecule has 0 saturated heterocycles. The third-order valence-corrected chi connectivity index (χ3v) is 4.72. The Balaban J connectivity index is 2.15. The van der Waals surface area contributed by atoms with Crippen molar-refractivity contribution in [1.29, 1.82) is 0 Å². The summed E-state index contributed by atoms with van der Waals surface area (Å²) in [6.45, 7) is 4.06. The summed E-state index contributed by atoms with van der Waals surface area (Å²) in [7, 11) is 0. The highest BCUT2D eigenvalue weighted by Gasteiger charge is 2.20. The minimum atomic E-state index is -0.796. The lowest BCUT2D eigenvalue weighted by Gasteiger charge is -2.14. The van der Waals surface area contributed by atoms with Gasteiger partial charge < -0.3 is 5.11 Å². The van der Waals surface area contributed by atoms with Crippen LogP contribution in [-0.2, 0) is 11.2 Å². The van der Waals surface area contributed by atoms with Gasteiger partial charge in [-0.3, -0.25) is 4.79 Å². The number of thioether (sulfide) groups is 1. The van der Waals surface area contributed by atoms with Gasteiger partial charge in [-0.15, -0.1) is 11.8 Å². The summed E-state index contributed by atoms with van der Waals surface area (Å²) in [6, 6.07) is 13.4. The van der Waals surface area contributed by atoms with Gasteiger partial charge in [0.2, 0.25) is 0 Å². The summed E-state index contributed by atoms with van der Waals surface area (Å²) in [5, 5.41) is 9.60. The lowest BCUT2D eigenvalue weighted by Crippen LogP contribution is -2.19. The van der Waals surface area contributed by atoms with Crippen molar-refractivity contribution >= 4 is 29.3 Å². The zero-order chi connectivity index (χ0) is 15.4. The Labute approximate surface area is 134 Å². The molecular weight excluding hydrogens is 304 g/mol. The molecule has 2 aromatic carbocycles. The van der Waals surface area contributed by atoms with E-state index >= 15 is 0 Å². The topological polar surface area (TPSA) is 37.3 Å². The predicted octanol–water partition coefficient (Wildman–Crippen LogP) is 4.74. The average Bonchev–Trinajstić information content (AvgIpc) is 2.43. The van der Waals surface area contributed by atoms with Crippen molar-refractivity contribution in [1.82, 2.24) is 0 Å². The molecule has 0 fully saturated rings. The summed E-state index contributed by atoms with van der Waals surface area (Å²) in [5.74, 6) is -0.796. The molecule has 0 bridgehead atoms. The predicted molar refractivity (Wildman–Crippen MR) is 88.4 cm³/mol. The van der Waals surface area contributed by atoms with E-state index in [4.69, 9.17) is 11.6 Å². The number of rotatable bonds is 5. The fourth-order valence-electron chi connectivity index (χ4n) is 2.13. The molecule has 0 aliphatic rings. The molecular formula is C17H17ClO2S. The standard InChI is InChI=1S/C17H17ClO2S/c1-11-3-4-13(12(2)9-11)10-16(17(19)20)21-15-7-5-14(18)6-8-15/h3-9,16H,10H2,1-2H3,(H,19,20)/t16-/m0/s1. The van der Waals surface area contributed by atoms with Crippen LogP contribution in [-0.4, -0.2) is 16.3 Å². The minimum absolute atomic E-state index is 0.507. The Hall–Kier alpha value is -1.45. The van der Waals surface area contributed by atoms with Crippen LogP contribution < -0.4 is 0 Å². The van der Waals surface area contributed by atoms with Crippen LogP contribution in [0.5, 0.6) is 0 Å². The van der Waals surface area contributed by atoms with Gasteiger partial charge in [0.15, 0.2) is 0 Å². The van der Waals surface area contributed by atoms with E-state index in [1.165, 1.54) is 17.3 Å². The van der Waals surface area contributed by atoms with Gasteiger partial charge in [0, 0.05) is 9.92 Å². The smallest absolute Gasteiger partial charge is 0.317 e. The molecule has 21 heavy (non-hydrogen) atoms. The summed E-state index contributed by atoms with van der Waals surface area (Å²) in [4.78, 5) is 12.4. The van der Waals surface area contributed by atoms with Crippen LogP contribution in [0, 0.1) is 13.8 Å². The Kier molecular flexibility index (Phi) is 5.32. The molecule has 0 amide bonds. The summed E-state index contributed by atoms with van der Waals surface area (Å²) < 4.78 is 0. The normalized spacial score (nSPS) is 12.1. The number of carbonyl (C=O) groups is 1. The minimum Gasteiger partial charge on any atom is -0.480 e. The molecule has 2 aromatic rings. The third-order valence-electron chi connectivity index (χ3n) is 3.27. The number of carboxylic acid groups (broad SMARTS) is 1. The van der Waals surface area contributed by atoms with E-state index in [1.807, 2.05) is 38.1 Å². The lowest BCUT2D eigenvalue weighted by molar-refractivity contribution is -0.136. The van der Waals surface area contributed by atoms with E-state index in [2.05, 4.69) is 6.07 Å². The lowest BCUT2D eigenvalue weighted by atomic mass is 10.0. The largest absolute Gasteiger partial charge is 0.480 e. The Bertz CT molecular complexity index is 638. The molecule has 1 atom stereocenters. The number of carboxylic acids is 1. The number of benzene rings is 2. The molecule has 2 rings (SSSR count). The molecule has 110 valence electrons. The van der Waals surface area contributed by atoms with E-state index in [9.17, 15) is 9.90 Å². The Morgan fingerprint density at radius 3 is 2.43 bits per heavy atom. The van der Waals surface area contributed by atoms with Crippen molar-refractivity contribution in [2.45, 2.75) is 30.4 Å². The van der Waals surface area contributed by atoms with E-state index in [0.29, 0.717) is 11.4 Å². The van der Waals surface area contributed by atoms with Gasteiger partial charge >= 0.3 is 5.97 Å². The number of aryl methyl sites for hydroxylation is 2. The molecule has 0 aromatic heterocycles. The maximum absolute atomic E-state index is 11.5. The van der Waals surface area contributed by atoms with Crippen molar-refractivity contribution in [2.24, 2.45) is 0 Å². The zero-order valence-corrected chi connectivity index (χ0v) is 13.5. The first kappa shape index (κ1) is 15.9. The molecule has 0 aliphatic carbocycles. The molecule has 4 heteroatoms. The average molecular weight is 321 g/mol. The fourth-order valence-corrected chi connectivity index (χ4v) is 3.24. The number of aliphatic carboxylic acids is 1. The second kappa shape index (κ2) is 7.01. The van der Waals surface area contributed by atoms with Crippen molar-refractivity contribution < 1.29 is 9.90 Å². The summed E-state index contributed by atoms with van der Waals surface area (Å²) >= 11 is 7.21. The van der Waals surface area contributed by atoms with Crippen LogP contribution in [0.4, 0.5) is 0 Å². The van der Waals surface area contributed by atoms with Gasteiger partial charge in [-0.1, -0.05) is 35.4 Å². The zero-order valence-electron chi connectivity index (χ0n) is 12.0. The maximum atomic E-state index is 11.5.